The van der Waals surface area contributed by atoms with Crippen LogP contribution in [0.4, 0.5) is 0 Å². The van der Waals surface area contributed by atoms with Crippen molar-refractivity contribution in [1.82, 2.24) is 0 Å². The van der Waals surface area contributed by atoms with Crippen molar-refractivity contribution in [3.63, 3.8) is 0 Å². The first-order valence-corrected chi connectivity index (χ1v) is 5.53. The number of esters is 2. The van der Waals surface area contributed by atoms with E-state index < -0.39 is 11.9 Å². The standard InChI is InChI=1S/C12H20O5.Ti/c1-8(2)15-7-11(16-9(3)4)6-12(14)17-10(5)13;/h7-9H,6H2,1-5H3;. The summed E-state index contributed by atoms with van der Waals surface area (Å²) < 4.78 is 15.0. The summed E-state index contributed by atoms with van der Waals surface area (Å²) in [7, 11) is 0. The summed E-state index contributed by atoms with van der Waals surface area (Å²) in [5.74, 6) is -0.944. The van der Waals surface area contributed by atoms with Crippen LogP contribution in [-0.2, 0) is 45.5 Å². The zero-order valence-electron chi connectivity index (χ0n) is 11.5. The molecule has 0 aliphatic rings. The molecule has 0 aliphatic carbocycles. The fraction of sp³-hybridized carbons (Fsp3) is 0.667. The molecule has 0 amide bonds. The number of hydrogen-bond donors (Lipinski definition) is 0. The third-order valence-corrected chi connectivity index (χ3v) is 1.43. The monoisotopic (exact) mass is 292 g/mol. The van der Waals surface area contributed by atoms with Gasteiger partial charge in [0, 0.05) is 28.6 Å². The van der Waals surface area contributed by atoms with Gasteiger partial charge in [0.2, 0.25) is 0 Å². The van der Waals surface area contributed by atoms with Crippen LogP contribution in [0.25, 0.3) is 0 Å². The fourth-order valence-corrected chi connectivity index (χ4v) is 0.964. The Labute approximate surface area is 123 Å². The third kappa shape index (κ3) is 11.7. The summed E-state index contributed by atoms with van der Waals surface area (Å²) in [5.41, 5.74) is 0. The predicted molar refractivity (Wildman–Crippen MR) is 61.9 cm³/mol. The molecule has 18 heavy (non-hydrogen) atoms. The van der Waals surface area contributed by atoms with E-state index in [1.807, 2.05) is 27.7 Å². The topological polar surface area (TPSA) is 61.8 Å². The largest absolute Gasteiger partial charge is 0.495 e. The van der Waals surface area contributed by atoms with Crippen LogP contribution in [-0.4, -0.2) is 24.1 Å². The maximum absolute atomic E-state index is 11.3. The molecular formula is C12H20O5Ti. The van der Waals surface area contributed by atoms with Crippen LogP contribution >= 0.6 is 0 Å². The Kier molecular flexibility index (Phi) is 11.0. The van der Waals surface area contributed by atoms with Crippen molar-refractivity contribution in [2.75, 3.05) is 0 Å². The van der Waals surface area contributed by atoms with Crippen LogP contribution in [0.1, 0.15) is 41.0 Å². The summed E-state index contributed by atoms with van der Waals surface area (Å²) in [4.78, 5) is 21.9. The van der Waals surface area contributed by atoms with Crippen molar-refractivity contribution in [3.05, 3.63) is 12.0 Å². The zero-order chi connectivity index (χ0) is 13.4. The van der Waals surface area contributed by atoms with Gasteiger partial charge in [-0.3, -0.25) is 9.59 Å². The molecule has 0 saturated heterocycles. The Balaban J connectivity index is 0. The van der Waals surface area contributed by atoms with Gasteiger partial charge in [-0.2, -0.15) is 0 Å². The Morgan fingerprint density at radius 1 is 1.11 bits per heavy atom. The van der Waals surface area contributed by atoms with Crippen LogP contribution in [0.3, 0.4) is 0 Å². The zero-order valence-corrected chi connectivity index (χ0v) is 13.0. The normalized spacial score (nSPS) is 10.9. The van der Waals surface area contributed by atoms with Gasteiger partial charge in [0.25, 0.3) is 0 Å². The van der Waals surface area contributed by atoms with Gasteiger partial charge in [0.15, 0.2) is 0 Å². The molecule has 0 aromatic carbocycles. The molecule has 0 aromatic heterocycles. The average molecular weight is 292 g/mol. The molecular weight excluding hydrogens is 272 g/mol. The van der Waals surface area contributed by atoms with E-state index in [1.165, 1.54) is 13.2 Å². The first kappa shape index (κ1) is 19.5. The van der Waals surface area contributed by atoms with Crippen LogP contribution < -0.4 is 0 Å². The maximum atomic E-state index is 11.3. The Hall–Kier alpha value is -0.806. The van der Waals surface area contributed by atoms with E-state index in [2.05, 4.69) is 4.74 Å². The van der Waals surface area contributed by atoms with Gasteiger partial charge in [-0.05, 0) is 27.7 Å². The molecule has 5 nitrogen and oxygen atoms in total. The van der Waals surface area contributed by atoms with Gasteiger partial charge in [0.05, 0.1) is 12.2 Å². The molecule has 0 atom stereocenters. The van der Waals surface area contributed by atoms with E-state index >= 15 is 0 Å². The first-order valence-electron chi connectivity index (χ1n) is 5.53. The predicted octanol–water partition coefficient (Wildman–Crippen LogP) is 2.16. The van der Waals surface area contributed by atoms with E-state index in [1.54, 1.807) is 0 Å². The minimum absolute atomic E-state index is 0. The van der Waals surface area contributed by atoms with Crippen molar-refractivity contribution < 1.29 is 45.5 Å². The minimum Gasteiger partial charge on any atom is -0.495 e. The van der Waals surface area contributed by atoms with E-state index in [4.69, 9.17) is 9.47 Å². The van der Waals surface area contributed by atoms with E-state index in [0.29, 0.717) is 5.76 Å². The van der Waals surface area contributed by atoms with Gasteiger partial charge in [0.1, 0.15) is 18.4 Å². The van der Waals surface area contributed by atoms with Crippen LogP contribution in [0.5, 0.6) is 0 Å². The van der Waals surface area contributed by atoms with E-state index in [0.717, 1.165) is 0 Å². The molecule has 0 radical (unpaired) electrons. The maximum Gasteiger partial charge on any atom is 0.321 e. The second kappa shape index (κ2) is 10.1. The summed E-state index contributed by atoms with van der Waals surface area (Å²) in [6, 6.07) is 0. The molecule has 0 aliphatic heterocycles. The van der Waals surface area contributed by atoms with Gasteiger partial charge in [-0.1, -0.05) is 0 Å². The second-order valence-electron chi connectivity index (χ2n) is 4.08. The van der Waals surface area contributed by atoms with Crippen molar-refractivity contribution in [3.8, 4) is 0 Å². The Morgan fingerprint density at radius 3 is 2.06 bits per heavy atom. The quantitative estimate of drug-likeness (QED) is 0.325. The third-order valence-electron chi connectivity index (χ3n) is 1.43. The van der Waals surface area contributed by atoms with Crippen molar-refractivity contribution in [2.24, 2.45) is 0 Å². The molecule has 0 N–H and O–H groups in total. The number of rotatable bonds is 6. The Bertz CT molecular complexity index is 297. The summed E-state index contributed by atoms with van der Waals surface area (Å²) >= 11 is 0. The first-order chi connectivity index (χ1) is 7.81. The molecule has 0 bridgehead atoms. The summed E-state index contributed by atoms with van der Waals surface area (Å²) in [6.07, 6.45) is 1.17. The molecule has 0 unspecified atom stereocenters. The average Bonchev–Trinajstić information content (AvgIpc) is 2.11. The molecule has 102 valence electrons. The summed E-state index contributed by atoms with van der Waals surface area (Å²) in [6.45, 7) is 8.56. The van der Waals surface area contributed by atoms with Gasteiger partial charge < -0.3 is 14.2 Å². The van der Waals surface area contributed by atoms with Crippen molar-refractivity contribution in [2.45, 2.75) is 53.2 Å². The van der Waals surface area contributed by atoms with Gasteiger partial charge in [-0.15, -0.1) is 0 Å². The van der Waals surface area contributed by atoms with Crippen LogP contribution in [0.15, 0.2) is 12.0 Å². The minimum atomic E-state index is -0.656. The number of ether oxygens (including phenoxy) is 3. The molecule has 6 heteroatoms. The van der Waals surface area contributed by atoms with Crippen LogP contribution in [0.2, 0.25) is 0 Å². The van der Waals surface area contributed by atoms with Crippen LogP contribution in [0, 0.1) is 0 Å². The second-order valence-corrected chi connectivity index (χ2v) is 4.08. The van der Waals surface area contributed by atoms with Crippen molar-refractivity contribution in [1.29, 1.82) is 0 Å². The molecule has 0 rings (SSSR count). The number of hydrogen-bond acceptors (Lipinski definition) is 5. The fourth-order valence-electron chi connectivity index (χ4n) is 0.964. The molecule has 0 saturated carbocycles. The summed E-state index contributed by atoms with van der Waals surface area (Å²) in [5, 5.41) is 0. The molecule has 0 fully saturated rings. The van der Waals surface area contributed by atoms with Gasteiger partial charge in [-0.25, -0.2) is 0 Å². The SMILES string of the molecule is CC(=O)OC(=O)CC(=COC(C)C)OC(C)C.[Ti]. The molecule has 0 heterocycles. The smallest absolute Gasteiger partial charge is 0.321 e. The van der Waals surface area contributed by atoms with Crippen molar-refractivity contribution >= 4 is 11.9 Å². The number of carbonyl (C=O) groups excluding carboxylic acids is 2. The molecule has 0 spiro atoms. The molecule has 0 aromatic rings. The van der Waals surface area contributed by atoms with E-state index in [9.17, 15) is 9.59 Å². The Morgan fingerprint density at radius 2 is 1.67 bits per heavy atom. The van der Waals surface area contributed by atoms with Gasteiger partial charge >= 0.3 is 11.9 Å². The van der Waals surface area contributed by atoms with E-state index in [-0.39, 0.29) is 40.3 Å². The number of carbonyl (C=O) groups is 2.